The third-order valence-corrected chi connectivity index (χ3v) is 4.24. The largest absolute Gasteiger partial charge is 0.467 e. The van der Waals surface area contributed by atoms with Crippen molar-refractivity contribution >= 4 is 11.9 Å². The highest BCUT2D eigenvalue weighted by Gasteiger charge is 2.26. The summed E-state index contributed by atoms with van der Waals surface area (Å²) in [4.78, 5) is 23.7. The molecule has 0 bridgehead atoms. The summed E-state index contributed by atoms with van der Waals surface area (Å²) in [5.74, 6) is -0.296. The highest BCUT2D eigenvalue weighted by Crippen LogP contribution is 2.12. The summed E-state index contributed by atoms with van der Waals surface area (Å²) in [6, 6.07) is -0.517. The predicted octanol–water partition coefficient (Wildman–Crippen LogP) is 4.22. The van der Waals surface area contributed by atoms with Crippen molar-refractivity contribution in [1.82, 2.24) is 5.32 Å². The van der Waals surface area contributed by atoms with Gasteiger partial charge in [-0.1, -0.05) is 72.1 Å². The Morgan fingerprint density at radius 3 is 2.00 bits per heavy atom. The Balaban J connectivity index is 3.84. The van der Waals surface area contributed by atoms with E-state index in [1.165, 1.54) is 45.6 Å². The SMILES string of the molecule is CCCCCCCCCCC(=O)NC(C(=O)OC)C(C)CC. The van der Waals surface area contributed by atoms with Gasteiger partial charge in [-0.05, 0) is 12.3 Å². The van der Waals surface area contributed by atoms with E-state index >= 15 is 0 Å². The van der Waals surface area contributed by atoms with E-state index in [0.29, 0.717) is 6.42 Å². The number of ether oxygens (including phenoxy) is 1. The number of carbonyl (C=O) groups excluding carboxylic acids is 2. The van der Waals surface area contributed by atoms with Crippen LogP contribution < -0.4 is 5.32 Å². The minimum atomic E-state index is -0.517. The Morgan fingerprint density at radius 2 is 1.50 bits per heavy atom. The Morgan fingerprint density at radius 1 is 0.955 bits per heavy atom. The lowest BCUT2D eigenvalue weighted by Crippen LogP contribution is -2.45. The van der Waals surface area contributed by atoms with Gasteiger partial charge in [-0.25, -0.2) is 4.79 Å². The topological polar surface area (TPSA) is 55.4 Å². The van der Waals surface area contributed by atoms with E-state index in [9.17, 15) is 9.59 Å². The number of hydrogen-bond donors (Lipinski definition) is 1. The maximum atomic E-state index is 11.9. The van der Waals surface area contributed by atoms with Gasteiger partial charge in [0.25, 0.3) is 0 Å². The van der Waals surface area contributed by atoms with Crippen LogP contribution >= 0.6 is 0 Å². The zero-order valence-corrected chi connectivity index (χ0v) is 15.0. The van der Waals surface area contributed by atoms with Gasteiger partial charge in [0.2, 0.25) is 5.91 Å². The van der Waals surface area contributed by atoms with Gasteiger partial charge in [0.05, 0.1) is 7.11 Å². The molecule has 0 aliphatic rings. The number of esters is 1. The minimum Gasteiger partial charge on any atom is -0.467 e. The van der Waals surface area contributed by atoms with E-state index in [4.69, 9.17) is 4.74 Å². The van der Waals surface area contributed by atoms with Gasteiger partial charge < -0.3 is 10.1 Å². The highest BCUT2D eigenvalue weighted by atomic mass is 16.5. The van der Waals surface area contributed by atoms with Gasteiger partial charge in [-0.15, -0.1) is 0 Å². The van der Waals surface area contributed by atoms with Crippen molar-refractivity contribution in [2.45, 2.75) is 91.0 Å². The van der Waals surface area contributed by atoms with Crippen molar-refractivity contribution in [1.29, 1.82) is 0 Å². The molecule has 130 valence electrons. The summed E-state index contributed by atoms with van der Waals surface area (Å²) in [5, 5.41) is 2.82. The van der Waals surface area contributed by atoms with Crippen LogP contribution in [-0.4, -0.2) is 25.0 Å². The van der Waals surface area contributed by atoms with E-state index in [-0.39, 0.29) is 17.8 Å². The summed E-state index contributed by atoms with van der Waals surface area (Å²) in [5.41, 5.74) is 0. The van der Waals surface area contributed by atoms with Crippen LogP contribution in [0.25, 0.3) is 0 Å². The van der Waals surface area contributed by atoms with Crippen molar-refractivity contribution in [2.24, 2.45) is 5.92 Å². The summed E-state index contributed by atoms with van der Waals surface area (Å²) in [7, 11) is 1.36. The van der Waals surface area contributed by atoms with E-state index in [2.05, 4.69) is 12.2 Å². The molecule has 0 heterocycles. The zero-order valence-electron chi connectivity index (χ0n) is 15.0. The second-order valence-corrected chi connectivity index (χ2v) is 6.18. The first-order valence-corrected chi connectivity index (χ1v) is 8.93. The van der Waals surface area contributed by atoms with Gasteiger partial charge in [-0.2, -0.15) is 0 Å². The van der Waals surface area contributed by atoms with Crippen molar-refractivity contribution in [3.05, 3.63) is 0 Å². The molecule has 2 atom stereocenters. The van der Waals surface area contributed by atoms with Crippen molar-refractivity contribution in [2.75, 3.05) is 7.11 Å². The molecular weight excluding hydrogens is 278 g/mol. The summed E-state index contributed by atoms with van der Waals surface area (Å²) in [6.45, 7) is 6.18. The Kier molecular flexibility index (Phi) is 12.9. The summed E-state index contributed by atoms with van der Waals surface area (Å²) >= 11 is 0. The van der Waals surface area contributed by atoms with Gasteiger partial charge in [0, 0.05) is 6.42 Å². The second kappa shape index (κ2) is 13.6. The van der Waals surface area contributed by atoms with Gasteiger partial charge in [0.15, 0.2) is 0 Å². The average Bonchev–Trinajstić information content (AvgIpc) is 2.53. The lowest BCUT2D eigenvalue weighted by Gasteiger charge is -2.21. The Bertz CT molecular complexity index is 305. The number of nitrogens with one attached hydrogen (secondary N) is 1. The van der Waals surface area contributed by atoms with Crippen molar-refractivity contribution < 1.29 is 14.3 Å². The Labute approximate surface area is 136 Å². The molecule has 0 fully saturated rings. The zero-order chi connectivity index (χ0) is 16.8. The number of amides is 1. The fourth-order valence-electron chi connectivity index (χ4n) is 2.46. The monoisotopic (exact) mass is 313 g/mol. The van der Waals surface area contributed by atoms with Crippen LogP contribution in [0.2, 0.25) is 0 Å². The first-order valence-electron chi connectivity index (χ1n) is 8.93. The third-order valence-electron chi connectivity index (χ3n) is 4.24. The first kappa shape index (κ1) is 20.9. The van der Waals surface area contributed by atoms with Crippen LogP contribution in [-0.2, 0) is 14.3 Å². The van der Waals surface area contributed by atoms with Gasteiger partial charge in [0.1, 0.15) is 6.04 Å². The molecule has 0 aliphatic heterocycles. The smallest absolute Gasteiger partial charge is 0.328 e. The molecule has 0 aromatic heterocycles. The number of hydrogen-bond acceptors (Lipinski definition) is 3. The molecule has 0 aliphatic carbocycles. The normalized spacial score (nSPS) is 13.5. The van der Waals surface area contributed by atoms with Crippen LogP contribution in [0, 0.1) is 5.92 Å². The molecule has 4 heteroatoms. The van der Waals surface area contributed by atoms with E-state index < -0.39 is 6.04 Å². The maximum absolute atomic E-state index is 11.9. The molecule has 0 rings (SSSR count). The summed E-state index contributed by atoms with van der Waals surface area (Å²) in [6.07, 6.45) is 11.0. The van der Waals surface area contributed by atoms with Crippen LogP contribution in [0.1, 0.15) is 85.0 Å². The molecule has 2 unspecified atom stereocenters. The molecule has 0 saturated carbocycles. The quantitative estimate of drug-likeness (QED) is 0.409. The maximum Gasteiger partial charge on any atom is 0.328 e. The second-order valence-electron chi connectivity index (χ2n) is 6.18. The van der Waals surface area contributed by atoms with Crippen molar-refractivity contribution in [3.63, 3.8) is 0 Å². The standard InChI is InChI=1S/C18H35NO3/c1-5-7-8-9-10-11-12-13-14-16(20)19-17(15(3)6-2)18(21)22-4/h15,17H,5-14H2,1-4H3,(H,19,20). The lowest BCUT2D eigenvalue weighted by molar-refractivity contribution is -0.146. The molecule has 0 radical (unpaired) electrons. The number of methoxy groups -OCH3 is 1. The van der Waals surface area contributed by atoms with Crippen LogP contribution in [0.5, 0.6) is 0 Å². The van der Waals surface area contributed by atoms with Crippen molar-refractivity contribution in [3.8, 4) is 0 Å². The molecule has 22 heavy (non-hydrogen) atoms. The third kappa shape index (κ3) is 9.80. The van der Waals surface area contributed by atoms with Crippen LogP contribution in [0.4, 0.5) is 0 Å². The van der Waals surface area contributed by atoms with E-state index in [1.807, 2.05) is 13.8 Å². The number of unbranched alkanes of at least 4 members (excludes halogenated alkanes) is 7. The van der Waals surface area contributed by atoms with Crippen LogP contribution in [0.15, 0.2) is 0 Å². The van der Waals surface area contributed by atoms with E-state index in [1.54, 1.807) is 0 Å². The van der Waals surface area contributed by atoms with E-state index in [0.717, 1.165) is 19.3 Å². The fourth-order valence-corrected chi connectivity index (χ4v) is 2.46. The first-order chi connectivity index (χ1) is 10.6. The molecule has 0 saturated heterocycles. The van der Waals surface area contributed by atoms with Gasteiger partial charge >= 0.3 is 5.97 Å². The van der Waals surface area contributed by atoms with Gasteiger partial charge in [-0.3, -0.25) is 4.79 Å². The number of carbonyl (C=O) groups is 2. The predicted molar refractivity (Wildman–Crippen MR) is 90.6 cm³/mol. The molecule has 1 amide bonds. The Hall–Kier alpha value is -1.06. The summed E-state index contributed by atoms with van der Waals surface area (Å²) < 4.78 is 4.77. The minimum absolute atomic E-state index is 0.0401. The fraction of sp³-hybridized carbons (Fsp3) is 0.889. The lowest BCUT2D eigenvalue weighted by atomic mass is 9.99. The van der Waals surface area contributed by atoms with Crippen LogP contribution in [0.3, 0.4) is 0 Å². The molecule has 4 nitrogen and oxygen atoms in total. The molecule has 0 aromatic rings. The molecule has 0 aromatic carbocycles. The molecule has 0 spiro atoms. The molecular formula is C18H35NO3. The highest BCUT2D eigenvalue weighted by molar-refractivity contribution is 5.84. The molecule has 1 N–H and O–H groups in total. The average molecular weight is 313 g/mol. The number of rotatable bonds is 13.